The molecule has 0 radical (unpaired) electrons. The van der Waals surface area contributed by atoms with Crippen LogP contribution in [0, 0.1) is 17.2 Å². The Bertz CT molecular complexity index is 1050. The summed E-state index contributed by atoms with van der Waals surface area (Å²) in [6, 6.07) is 3.49. The Morgan fingerprint density at radius 1 is 1.37 bits per heavy atom. The molecule has 2 atom stereocenters. The summed E-state index contributed by atoms with van der Waals surface area (Å²) in [7, 11) is 0. The predicted octanol–water partition coefficient (Wildman–Crippen LogP) is 2.62. The number of alkyl halides is 3. The van der Waals surface area contributed by atoms with Crippen LogP contribution in [-0.2, 0) is 4.79 Å². The van der Waals surface area contributed by atoms with Gasteiger partial charge in [0.05, 0.1) is 35.4 Å². The van der Waals surface area contributed by atoms with Crippen molar-refractivity contribution in [2.45, 2.75) is 24.9 Å². The first-order chi connectivity index (χ1) is 12.9. The van der Waals surface area contributed by atoms with Crippen LogP contribution < -0.4 is 0 Å². The number of rotatable bonds is 2. The van der Waals surface area contributed by atoms with E-state index in [-0.39, 0.29) is 31.8 Å². The van der Waals surface area contributed by atoms with Crippen LogP contribution in [0.1, 0.15) is 24.6 Å². The van der Waals surface area contributed by atoms with E-state index in [4.69, 9.17) is 5.26 Å². The van der Waals surface area contributed by atoms with Crippen molar-refractivity contribution in [2.24, 2.45) is 5.92 Å². The Morgan fingerprint density at radius 2 is 2.15 bits per heavy atom. The van der Waals surface area contributed by atoms with Crippen LogP contribution >= 0.6 is 0 Å². The fourth-order valence-electron chi connectivity index (χ4n) is 3.77. The van der Waals surface area contributed by atoms with Crippen LogP contribution in [0.5, 0.6) is 0 Å². The highest BCUT2D eigenvalue weighted by atomic mass is 19.4. The van der Waals surface area contributed by atoms with Gasteiger partial charge in [0.2, 0.25) is 5.91 Å². The van der Waals surface area contributed by atoms with E-state index in [1.54, 1.807) is 28.9 Å². The zero-order chi connectivity index (χ0) is 19.2. The summed E-state index contributed by atoms with van der Waals surface area (Å²) in [6.07, 6.45) is -0.298. The number of fused-ring (bicyclic) bond motifs is 3. The molecule has 0 aliphatic carbocycles. The fraction of sp³-hybridized carbons (Fsp3) is 0.412. The predicted molar refractivity (Wildman–Crippen MR) is 88.6 cm³/mol. The highest BCUT2D eigenvalue weighted by Gasteiger charge is 2.49. The summed E-state index contributed by atoms with van der Waals surface area (Å²) >= 11 is 0. The Hall–Kier alpha value is -3.09. The van der Waals surface area contributed by atoms with Gasteiger partial charge in [-0.2, -0.15) is 18.4 Å². The molecule has 1 N–H and O–H groups in total. The van der Waals surface area contributed by atoms with E-state index in [1.807, 2.05) is 0 Å². The molecule has 0 spiro atoms. The van der Waals surface area contributed by atoms with Crippen molar-refractivity contribution >= 4 is 22.6 Å². The number of carbonyl (C=O) groups excluding carboxylic acids is 1. The second-order valence-corrected chi connectivity index (χ2v) is 6.56. The number of H-pyrrole nitrogens is 1. The van der Waals surface area contributed by atoms with Crippen molar-refractivity contribution in [3.8, 4) is 6.07 Å². The van der Waals surface area contributed by atoms with Crippen molar-refractivity contribution in [3.05, 3.63) is 30.5 Å². The minimum Gasteiger partial charge on any atom is -0.345 e. The monoisotopic (exact) mass is 376 g/mol. The van der Waals surface area contributed by atoms with Crippen LogP contribution in [0.2, 0.25) is 0 Å². The largest absolute Gasteiger partial charge is 0.392 e. The number of halogens is 3. The van der Waals surface area contributed by atoms with Crippen molar-refractivity contribution < 1.29 is 18.0 Å². The van der Waals surface area contributed by atoms with Gasteiger partial charge >= 0.3 is 6.18 Å². The summed E-state index contributed by atoms with van der Waals surface area (Å²) in [5.41, 5.74) is 1.75. The summed E-state index contributed by atoms with van der Waals surface area (Å²) in [5.74, 6) is -2.85. The van der Waals surface area contributed by atoms with Gasteiger partial charge in [-0.05, 0) is 12.5 Å². The number of likely N-dealkylation sites (tertiary alicyclic amines) is 1. The number of aromatic nitrogens is 4. The maximum atomic E-state index is 13.7. The minimum absolute atomic E-state index is 0.0222. The highest BCUT2D eigenvalue weighted by molar-refractivity contribution is 5.78. The number of nitrogens with one attached hydrogen (secondary N) is 1. The molecule has 140 valence electrons. The van der Waals surface area contributed by atoms with Gasteiger partial charge in [0.15, 0.2) is 5.65 Å². The number of hydrogen-bond donors (Lipinski definition) is 1. The molecule has 0 bridgehead atoms. The normalized spacial score (nSPS) is 20.9. The van der Waals surface area contributed by atoms with E-state index < -0.39 is 23.9 Å². The maximum Gasteiger partial charge on any atom is 0.392 e. The minimum atomic E-state index is -4.41. The standard InChI is InChI=1S/C17H15F3N6O/c18-17(19,20)12-3-6-25(14(27)1-4-21)9-11(12)16-24-8-10-7-23-15-13(26(10)16)2-5-22-15/h2,5,7-8,11-12,22H,1,3,6,9H2/t11-,12+/m0/s1. The Labute approximate surface area is 151 Å². The third-order valence-electron chi connectivity index (χ3n) is 5.03. The lowest BCUT2D eigenvalue weighted by atomic mass is 9.84. The van der Waals surface area contributed by atoms with E-state index in [1.165, 1.54) is 11.1 Å². The molecule has 0 saturated carbocycles. The molecule has 3 aromatic heterocycles. The summed E-state index contributed by atoms with van der Waals surface area (Å²) < 4.78 is 42.8. The van der Waals surface area contributed by atoms with Gasteiger partial charge in [0.1, 0.15) is 12.2 Å². The lowest BCUT2D eigenvalue weighted by Gasteiger charge is -2.38. The SMILES string of the molecule is N#CCC(=O)N1CC[C@@H](C(F)(F)F)[C@@H](c2ncc3cnc4[nH]ccc4n23)C1. The van der Waals surface area contributed by atoms with Gasteiger partial charge < -0.3 is 9.88 Å². The van der Waals surface area contributed by atoms with Crippen molar-refractivity contribution in [1.82, 2.24) is 24.3 Å². The molecule has 4 heterocycles. The number of hydrogen-bond acceptors (Lipinski definition) is 4. The lowest BCUT2D eigenvalue weighted by Crippen LogP contribution is -2.47. The molecule has 0 unspecified atom stereocenters. The number of carbonyl (C=O) groups is 1. The van der Waals surface area contributed by atoms with Gasteiger partial charge in [0.25, 0.3) is 0 Å². The van der Waals surface area contributed by atoms with E-state index >= 15 is 0 Å². The molecule has 1 saturated heterocycles. The van der Waals surface area contributed by atoms with E-state index in [0.29, 0.717) is 16.7 Å². The van der Waals surface area contributed by atoms with Crippen LogP contribution in [0.25, 0.3) is 16.7 Å². The fourth-order valence-corrected chi connectivity index (χ4v) is 3.77. The van der Waals surface area contributed by atoms with Crippen molar-refractivity contribution in [1.29, 1.82) is 5.26 Å². The Kier molecular flexibility index (Phi) is 4.02. The zero-order valence-electron chi connectivity index (χ0n) is 14.1. The molecule has 1 amide bonds. The van der Waals surface area contributed by atoms with E-state index in [9.17, 15) is 18.0 Å². The van der Waals surface area contributed by atoms with Gasteiger partial charge in [-0.15, -0.1) is 0 Å². The van der Waals surface area contributed by atoms with Gasteiger partial charge in [-0.1, -0.05) is 0 Å². The molecule has 3 aromatic rings. The first-order valence-electron chi connectivity index (χ1n) is 8.41. The van der Waals surface area contributed by atoms with Gasteiger partial charge in [-0.25, -0.2) is 9.97 Å². The zero-order valence-corrected chi connectivity index (χ0v) is 14.1. The average molecular weight is 376 g/mol. The molecule has 10 heteroatoms. The summed E-state index contributed by atoms with van der Waals surface area (Å²) in [5, 5.41) is 8.73. The molecule has 0 aromatic carbocycles. The summed E-state index contributed by atoms with van der Waals surface area (Å²) in [6.45, 7) is -0.149. The number of aromatic amines is 1. The topological polar surface area (TPSA) is 90.1 Å². The molecule has 7 nitrogen and oxygen atoms in total. The highest BCUT2D eigenvalue weighted by Crippen LogP contribution is 2.43. The third kappa shape index (κ3) is 2.89. The summed E-state index contributed by atoms with van der Waals surface area (Å²) in [4.78, 5) is 24.8. The molecular weight excluding hydrogens is 361 g/mol. The quantitative estimate of drug-likeness (QED) is 0.744. The number of nitriles is 1. The van der Waals surface area contributed by atoms with Crippen molar-refractivity contribution in [2.75, 3.05) is 13.1 Å². The van der Waals surface area contributed by atoms with Crippen LogP contribution in [0.3, 0.4) is 0 Å². The first-order valence-corrected chi connectivity index (χ1v) is 8.41. The molecule has 4 rings (SSSR count). The van der Waals surface area contributed by atoms with Crippen LogP contribution in [-0.4, -0.2) is 49.4 Å². The number of imidazole rings is 1. The molecule has 1 aliphatic heterocycles. The smallest absolute Gasteiger partial charge is 0.345 e. The molecular formula is C17H15F3N6O. The second kappa shape index (κ2) is 6.26. The molecule has 27 heavy (non-hydrogen) atoms. The number of amides is 1. The van der Waals surface area contributed by atoms with E-state index in [0.717, 1.165) is 0 Å². The van der Waals surface area contributed by atoms with Crippen LogP contribution in [0.15, 0.2) is 24.7 Å². The number of nitrogens with zero attached hydrogens (tertiary/aromatic N) is 5. The van der Waals surface area contributed by atoms with Crippen molar-refractivity contribution in [3.63, 3.8) is 0 Å². The first kappa shape index (κ1) is 17.3. The molecule has 1 aliphatic rings. The third-order valence-corrected chi connectivity index (χ3v) is 5.03. The maximum absolute atomic E-state index is 13.7. The van der Waals surface area contributed by atoms with Crippen LogP contribution in [0.4, 0.5) is 13.2 Å². The average Bonchev–Trinajstić information content (AvgIpc) is 3.26. The number of piperidine rings is 1. The second-order valence-electron chi connectivity index (χ2n) is 6.56. The lowest BCUT2D eigenvalue weighted by molar-refractivity contribution is -0.192. The van der Waals surface area contributed by atoms with E-state index in [2.05, 4.69) is 15.0 Å². The van der Waals surface area contributed by atoms with Gasteiger partial charge in [0, 0.05) is 25.2 Å². The Balaban J connectivity index is 1.82. The molecule has 1 fully saturated rings. The van der Waals surface area contributed by atoms with Gasteiger partial charge in [-0.3, -0.25) is 9.20 Å². The Morgan fingerprint density at radius 3 is 2.89 bits per heavy atom.